The molecule has 6 atom stereocenters. The van der Waals surface area contributed by atoms with E-state index in [1.807, 2.05) is 0 Å². The van der Waals surface area contributed by atoms with Gasteiger partial charge in [0, 0.05) is 17.7 Å². The minimum atomic E-state index is -1.72. The summed E-state index contributed by atoms with van der Waals surface area (Å²) < 4.78 is 10.9. The third kappa shape index (κ3) is 4.89. The molecular weight excluding hydrogens is 412 g/mol. The fourth-order valence-corrected chi connectivity index (χ4v) is 3.46. The van der Waals surface area contributed by atoms with Crippen LogP contribution in [0.4, 0.5) is 0 Å². The highest BCUT2D eigenvalue weighted by atomic mass is 16.7. The van der Waals surface area contributed by atoms with E-state index in [1.165, 1.54) is 12.1 Å². The predicted molar refractivity (Wildman–Crippen MR) is 105 cm³/mol. The maximum absolute atomic E-state index is 11.9. The van der Waals surface area contributed by atoms with Gasteiger partial charge in [0.05, 0.1) is 12.5 Å². The number of aldehydes is 1. The molecule has 1 aliphatic heterocycles. The maximum Gasteiger partial charge on any atom is 0.229 e. The monoisotopic (exact) mass is 436 g/mol. The lowest BCUT2D eigenvalue weighted by molar-refractivity contribution is -0.277. The number of aromatic hydroxyl groups is 3. The summed E-state index contributed by atoms with van der Waals surface area (Å²) in [4.78, 5) is 11.9. The number of hydrogen-bond acceptors (Lipinski definition) is 10. The lowest BCUT2D eigenvalue weighted by Gasteiger charge is -2.39. The molecule has 0 amide bonds. The first-order valence-corrected chi connectivity index (χ1v) is 9.51. The fraction of sp³-hybridized carbons (Fsp3) is 0.381. The van der Waals surface area contributed by atoms with Crippen LogP contribution in [-0.4, -0.2) is 79.3 Å². The van der Waals surface area contributed by atoms with Gasteiger partial charge >= 0.3 is 0 Å². The van der Waals surface area contributed by atoms with Crippen LogP contribution in [-0.2, 0) is 16.0 Å². The first kappa shape index (κ1) is 22.8. The van der Waals surface area contributed by atoms with Crippen LogP contribution in [0.3, 0.4) is 0 Å². The van der Waals surface area contributed by atoms with E-state index in [1.54, 1.807) is 12.1 Å². The zero-order valence-corrected chi connectivity index (χ0v) is 16.3. The number of benzene rings is 2. The van der Waals surface area contributed by atoms with Gasteiger partial charge in [-0.25, -0.2) is 0 Å². The molecule has 0 bridgehead atoms. The van der Waals surface area contributed by atoms with Gasteiger partial charge in [-0.2, -0.15) is 0 Å². The third-order valence-electron chi connectivity index (χ3n) is 5.12. The average molecular weight is 436 g/mol. The molecule has 31 heavy (non-hydrogen) atoms. The molecule has 2 aromatic carbocycles. The Kier molecular flexibility index (Phi) is 6.98. The quantitative estimate of drug-likeness (QED) is 0.280. The first-order valence-electron chi connectivity index (χ1n) is 9.51. The second-order valence-electron chi connectivity index (χ2n) is 7.30. The Hall–Kier alpha value is -2.89. The highest BCUT2D eigenvalue weighted by Gasteiger charge is 2.45. The van der Waals surface area contributed by atoms with Crippen molar-refractivity contribution >= 4 is 6.29 Å². The minimum Gasteiger partial charge on any atom is -0.508 e. The molecule has 0 spiro atoms. The number of rotatable bonds is 7. The first-order chi connectivity index (χ1) is 14.7. The molecule has 168 valence electrons. The van der Waals surface area contributed by atoms with Crippen LogP contribution in [0.2, 0.25) is 0 Å². The molecule has 0 aromatic heterocycles. The van der Waals surface area contributed by atoms with Gasteiger partial charge in [-0.1, -0.05) is 12.1 Å². The molecule has 0 radical (unpaired) electrons. The number of carbonyl (C=O) groups excluding carboxylic acids is 1. The summed E-state index contributed by atoms with van der Waals surface area (Å²) in [6.45, 7) is -0.666. The van der Waals surface area contributed by atoms with Crippen molar-refractivity contribution in [1.29, 1.82) is 0 Å². The van der Waals surface area contributed by atoms with Gasteiger partial charge in [0.2, 0.25) is 6.29 Å². The van der Waals surface area contributed by atoms with E-state index in [2.05, 4.69) is 0 Å². The molecule has 10 heteroatoms. The van der Waals surface area contributed by atoms with Gasteiger partial charge in [-0.15, -0.1) is 0 Å². The summed E-state index contributed by atoms with van der Waals surface area (Å²) >= 11 is 0. The minimum absolute atomic E-state index is 0.00200. The van der Waals surface area contributed by atoms with Crippen molar-refractivity contribution in [3.05, 3.63) is 47.5 Å². The number of hydrogen-bond donors (Lipinski definition) is 7. The Morgan fingerprint density at radius 1 is 0.968 bits per heavy atom. The van der Waals surface area contributed by atoms with Gasteiger partial charge in [0.25, 0.3) is 0 Å². The third-order valence-corrected chi connectivity index (χ3v) is 5.12. The number of phenolic OH excluding ortho intramolecular Hbond substituents is 3. The molecule has 10 nitrogen and oxygen atoms in total. The molecule has 2 aromatic rings. The molecule has 0 saturated carbocycles. The average Bonchev–Trinajstić information content (AvgIpc) is 2.74. The van der Waals surface area contributed by atoms with E-state index in [4.69, 9.17) is 9.47 Å². The Morgan fingerprint density at radius 2 is 1.65 bits per heavy atom. The Bertz CT molecular complexity index is 898. The number of aliphatic hydroxyl groups excluding tert-OH is 4. The van der Waals surface area contributed by atoms with E-state index < -0.39 is 54.7 Å². The van der Waals surface area contributed by atoms with Crippen LogP contribution in [0.15, 0.2) is 36.4 Å². The summed E-state index contributed by atoms with van der Waals surface area (Å²) in [7, 11) is 0. The van der Waals surface area contributed by atoms with Crippen molar-refractivity contribution in [2.24, 2.45) is 0 Å². The highest BCUT2D eigenvalue weighted by Crippen LogP contribution is 2.40. The van der Waals surface area contributed by atoms with Crippen LogP contribution in [0.5, 0.6) is 23.0 Å². The molecule has 2 unspecified atom stereocenters. The van der Waals surface area contributed by atoms with E-state index in [0.29, 0.717) is 11.8 Å². The molecule has 1 saturated heterocycles. The maximum atomic E-state index is 11.9. The van der Waals surface area contributed by atoms with E-state index in [0.717, 1.165) is 12.1 Å². The molecule has 1 aliphatic rings. The van der Waals surface area contributed by atoms with E-state index in [9.17, 15) is 40.5 Å². The van der Waals surface area contributed by atoms with E-state index >= 15 is 0 Å². The second kappa shape index (κ2) is 9.50. The SMILES string of the molecule is O=CC(Cc1ccc(O)cc1)c1c(O)cc(O)cc1OC1O[C@H](CO)[C@@H](O)[C@H](O)[C@H]1O. The lowest BCUT2D eigenvalue weighted by Crippen LogP contribution is -2.60. The molecule has 1 fully saturated rings. The molecular formula is C21H24O10. The van der Waals surface area contributed by atoms with Crippen molar-refractivity contribution in [2.75, 3.05) is 6.61 Å². The van der Waals surface area contributed by atoms with Crippen molar-refractivity contribution in [3.8, 4) is 23.0 Å². The topological polar surface area (TPSA) is 177 Å². The molecule has 3 rings (SSSR count). The predicted octanol–water partition coefficient (Wildman–Crippen LogP) is -0.493. The van der Waals surface area contributed by atoms with Gasteiger partial charge in [-0.05, 0) is 24.1 Å². The lowest BCUT2D eigenvalue weighted by atomic mass is 9.91. The highest BCUT2D eigenvalue weighted by molar-refractivity contribution is 5.69. The second-order valence-corrected chi connectivity index (χ2v) is 7.30. The summed E-state index contributed by atoms with van der Waals surface area (Å²) in [5.41, 5.74) is 0.666. The van der Waals surface area contributed by atoms with Gasteiger partial charge in [0.15, 0.2) is 0 Å². The summed E-state index contributed by atoms with van der Waals surface area (Å²) in [6.07, 6.45) is -7.11. The van der Waals surface area contributed by atoms with Crippen LogP contribution >= 0.6 is 0 Å². The van der Waals surface area contributed by atoms with E-state index in [-0.39, 0.29) is 23.5 Å². The van der Waals surface area contributed by atoms with Gasteiger partial charge in [0.1, 0.15) is 53.7 Å². The Labute approximate surface area is 177 Å². The van der Waals surface area contributed by atoms with Crippen LogP contribution in [0.25, 0.3) is 0 Å². The molecule has 1 heterocycles. The van der Waals surface area contributed by atoms with Gasteiger partial charge in [-0.3, -0.25) is 0 Å². The molecule has 0 aliphatic carbocycles. The molecule has 7 N–H and O–H groups in total. The summed E-state index contributed by atoms with van der Waals surface area (Å²) in [5.74, 6) is -1.93. The number of phenols is 3. The smallest absolute Gasteiger partial charge is 0.229 e. The van der Waals surface area contributed by atoms with Crippen molar-refractivity contribution in [3.63, 3.8) is 0 Å². The zero-order valence-electron chi connectivity index (χ0n) is 16.3. The number of ether oxygens (including phenoxy) is 2. The standard InChI is InChI=1S/C21H24O10/c22-8-11(5-10-1-3-12(24)4-2-10)17-14(26)6-13(25)7-15(17)30-21-20(29)19(28)18(27)16(9-23)31-21/h1-4,6-8,11,16,18-21,23-29H,5,9H2/t11?,16-,18-,19+,20-,21?/m1/s1. The van der Waals surface area contributed by atoms with Crippen molar-refractivity contribution < 1.29 is 50.0 Å². The number of aliphatic hydroxyl groups is 4. The Balaban J connectivity index is 1.93. The van der Waals surface area contributed by atoms with Crippen LogP contribution in [0.1, 0.15) is 17.0 Å². The van der Waals surface area contributed by atoms with Gasteiger partial charge < -0.3 is 50.0 Å². The largest absolute Gasteiger partial charge is 0.508 e. The zero-order chi connectivity index (χ0) is 22.7. The number of carbonyl (C=O) groups is 1. The van der Waals surface area contributed by atoms with Crippen LogP contribution < -0.4 is 4.74 Å². The summed E-state index contributed by atoms with van der Waals surface area (Å²) in [6, 6.07) is 8.20. The fourth-order valence-electron chi connectivity index (χ4n) is 3.46. The normalized spacial score (nSPS) is 26.9. The summed E-state index contributed by atoms with van der Waals surface area (Å²) in [5, 5.41) is 69.1. The van der Waals surface area contributed by atoms with Crippen molar-refractivity contribution in [2.45, 2.75) is 43.0 Å². The van der Waals surface area contributed by atoms with Crippen molar-refractivity contribution in [1.82, 2.24) is 0 Å². The van der Waals surface area contributed by atoms with Crippen LogP contribution in [0, 0.1) is 0 Å². The Morgan fingerprint density at radius 3 is 2.26 bits per heavy atom.